The largest absolute Gasteiger partial charge is 0.383 e. The molecule has 0 aliphatic rings. The number of hydrogen-bond donors (Lipinski definition) is 2. The van der Waals surface area contributed by atoms with Crippen molar-refractivity contribution in [3.05, 3.63) is 28.8 Å². The van der Waals surface area contributed by atoms with Crippen LogP contribution in [0.1, 0.15) is 5.56 Å². The van der Waals surface area contributed by atoms with Crippen molar-refractivity contribution in [2.24, 2.45) is 0 Å². The van der Waals surface area contributed by atoms with Gasteiger partial charge in [-0.05, 0) is 18.7 Å². The molecule has 112 valence electrons. The predicted molar refractivity (Wildman–Crippen MR) is 82.4 cm³/mol. The van der Waals surface area contributed by atoms with Crippen LogP contribution in [0.3, 0.4) is 0 Å². The number of nitrogens with one attached hydrogen (secondary N) is 2. The van der Waals surface area contributed by atoms with Gasteiger partial charge in [-0.1, -0.05) is 23.7 Å². The van der Waals surface area contributed by atoms with Gasteiger partial charge in [-0.25, -0.2) is 0 Å². The number of rotatable bonds is 8. The number of likely N-dealkylation sites (N-methyl/N-ethyl adjacent to an activating group) is 1. The summed E-state index contributed by atoms with van der Waals surface area (Å²) in [6.45, 7) is 1.97. The molecule has 0 heterocycles. The number of carbonyl (C=O) groups excluding carboxylic acids is 1. The highest BCUT2D eigenvalue weighted by Crippen LogP contribution is 2.28. The molecule has 0 aromatic heterocycles. The van der Waals surface area contributed by atoms with Crippen LogP contribution in [0, 0.1) is 0 Å². The lowest BCUT2D eigenvalue weighted by atomic mass is 10.1. The Morgan fingerprint density at radius 2 is 2.20 bits per heavy atom. The van der Waals surface area contributed by atoms with Gasteiger partial charge in [-0.15, -0.1) is 0 Å². The third-order valence-electron chi connectivity index (χ3n) is 2.83. The summed E-state index contributed by atoms with van der Waals surface area (Å²) in [6.07, 6.45) is 0. The number of nitrogens with zero attached hydrogens (tertiary/aromatic N) is 1. The second-order valence-electron chi connectivity index (χ2n) is 4.48. The van der Waals surface area contributed by atoms with Gasteiger partial charge in [0.05, 0.1) is 23.9 Å². The fourth-order valence-corrected chi connectivity index (χ4v) is 2.30. The van der Waals surface area contributed by atoms with Gasteiger partial charge < -0.3 is 20.3 Å². The smallest absolute Gasteiger partial charge is 0.239 e. The Balaban J connectivity index is 2.71. The molecule has 1 rings (SSSR count). The SMILES string of the molecule is CNCc1cccc(Cl)c1N(C)CC(=O)NCCOC. The number of benzene rings is 1. The molecule has 0 aliphatic heterocycles. The third kappa shape index (κ3) is 5.00. The molecular formula is C14H22ClN3O2. The van der Waals surface area contributed by atoms with Crippen LogP contribution in [0.15, 0.2) is 18.2 Å². The molecule has 20 heavy (non-hydrogen) atoms. The van der Waals surface area contributed by atoms with Gasteiger partial charge in [-0.2, -0.15) is 0 Å². The van der Waals surface area contributed by atoms with Gasteiger partial charge in [-0.3, -0.25) is 4.79 Å². The molecule has 6 heteroatoms. The normalized spacial score (nSPS) is 10.4. The number of anilines is 1. The lowest BCUT2D eigenvalue weighted by Crippen LogP contribution is -2.37. The average Bonchev–Trinajstić information content (AvgIpc) is 2.39. The van der Waals surface area contributed by atoms with Gasteiger partial charge in [0, 0.05) is 27.2 Å². The fraction of sp³-hybridized carbons (Fsp3) is 0.500. The Morgan fingerprint density at radius 1 is 1.45 bits per heavy atom. The van der Waals surface area contributed by atoms with Crippen molar-refractivity contribution >= 4 is 23.2 Å². The second kappa shape index (κ2) is 8.79. The topological polar surface area (TPSA) is 53.6 Å². The zero-order chi connectivity index (χ0) is 15.0. The molecule has 1 aromatic rings. The van der Waals surface area contributed by atoms with Crippen LogP contribution in [0.25, 0.3) is 0 Å². The first kappa shape index (κ1) is 16.8. The Kier molecular flexibility index (Phi) is 7.36. The molecule has 1 amide bonds. The average molecular weight is 300 g/mol. The minimum absolute atomic E-state index is 0.0557. The van der Waals surface area contributed by atoms with Crippen LogP contribution in [-0.4, -0.2) is 46.8 Å². The number of carbonyl (C=O) groups is 1. The van der Waals surface area contributed by atoms with Gasteiger partial charge in [0.15, 0.2) is 0 Å². The molecule has 0 fully saturated rings. The number of halogens is 1. The zero-order valence-corrected chi connectivity index (χ0v) is 13.0. The number of para-hydroxylation sites is 1. The third-order valence-corrected chi connectivity index (χ3v) is 3.13. The predicted octanol–water partition coefficient (Wildman–Crippen LogP) is 1.26. The minimum atomic E-state index is -0.0557. The lowest BCUT2D eigenvalue weighted by molar-refractivity contribution is -0.119. The van der Waals surface area contributed by atoms with Crippen molar-refractivity contribution in [2.75, 3.05) is 45.8 Å². The molecular weight excluding hydrogens is 278 g/mol. The quantitative estimate of drug-likeness (QED) is 0.710. The number of methoxy groups -OCH3 is 1. The Hall–Kier alpha value is -1.30. The highest BCUT2D eigenvalue weighted by atomic mass is 35.5. The van der Waals surface area contributed by atoms with E-state index in [4.69, 9.17) is 16.3 Å². The highest BCUT2D eigenvalue weighted by Gasteiger charge is 2.14. The zero-order valence-electron chi connectivity index (χ0n) is 12.2. The van der Waals surface area contributed by atoms with E-state index < -0.39 is 0 Å². The van der Waals surface area contributed by atoms with Crippen molar-refractivity contribution in [2.45, 2.75) is 6.54 Å². The standard InChI is InChI=1S/C14H22ClN3O2/c1-16-9-11-5-4-6-12(15)14(11)18(2)10-13(19)17-7-8-20-3/h4-6,16H,7-10H2,1-3H3,(H,17,19). The van der Waals surface area contributed by atoms with Crippen molar-refractivity contribution in [1.29, 1.82) is 0 Å². The van der Waals surface area contributed by atoms with Gasteiger partial charge >= 0.3 is 0 Å². The summed E-state index contributed by atoms with van der Waals surface area (Å²) in [7, 11) is 5.34. The van der Waals surface area contributed by atoms with Crippen LogP contribution in [0.5, 0.6) is 0 Å². The first-order valence-electron chi connectivity index (χ1n) is 6.49. The van der Waals surface area contributed by atoms with Gasteiger partial charge in [0.25, 0.3) is 0 Å². The van der Waals surface area contributed by atoms with Crippen molar-refractivity contribution < 1.29 is 9.53 Å². The van der Waals surface area contributed by atoms with Crippen molar-refractivity contribution in [3.63, 3.8) is 0 Å². The van der Waals surface area contributed by atoms with Crippen LogP contribution in [0.4, 0.5) is 5.69 Å². The van der Waals surface area contributed by atoms with Gasteiger partial charge in [0.1, 0.15) is 0 Å². The molecule has 0 radical (unpaired) electrons. The Morgan fingerprint density at radius 3 is 2.85 bits per heavy atom. The summed E-state index contributed by atoms with van der Waals surface area (Å²) in [4.78, 5) is 13.7. The van der Waals surface area contributed by atoms with Crippen LogP contribution in [-0.2, 0) is 16.1 Å². The van der Waals surface area contributed by atoms with Gasteiger partial charge in [0.2, 0.25) is 5.91 Å². The molecule has 0 spiro atoms. The summed E-state index contributed by atoms with van der Waals surface area (Å²) >= 11 is 6.25. The van der Waals surface area contributed by atoms with E-state index in [1.807, 2.05) is 37.2 Å². The first-order chi connectivity index (χ1) is 9.60. The molecule has 0 unspecified atom stereocenters. The molecule has 0 atom stereocenters. The monoisotopic (exact) mass is 299 g/mol. The number of hydrogen-bond acceptors (Lipinski definition) is 4. The van der Waals surface area contributed by atoms with E-state index in [1.54, 1.807) is 7.11 Å². The molecule has 0 bridgehead atoms. The molecule has 0 aliphatic carbocycles. The Bertz CT molecular complexity index is 440. The van der Waals surface area contributed by atoms with E-state index in [9.17, 15) is 4.79 Å². The Labute approximate surface area is 125 Å². The van der Waals surface area contributed by atoms with Crippen molar-refractivity contribution in [3.8, 4) is 0 Å². The molecule has 2 N–H and O–H groups in total. The van der Waals surface area contributed by atoms with E-state index in [1.165, 1.54) is 0 Å². The number of amides is 1. The van der Waals surface area contributed by atoms with Crippen LogP contribution in [0.2, 0.25) is 5.02 Å². The van der Waals surface area contributed by atoms with Crippen LogP contribution < -0.4 is 15.5 Å². The van der Waals surface area contributed by atoms with E-state index in [2.05, 4.69) is 10.6 Å². The fourth-order valence-electron chi connectivity index (χ4n) is 1.96. The summed E-state index contributed by atoms with van der Waals surface area (Å²) in [5.74, 6) is -0.0557. The summed E-state index contributed by atoms with van der Waals surface area (Å²) in [5, 5.41) is 6.53. The summed E-state index contributed by atoms with van der Waals surface area (Å²) < 4.78 is 4.89. The first-order valence-corrected chi connectivity index (χ1v) is 6.86. The molecule has 0 saturated heterocycles. The van der Waals surface area contributed by atoms with E-state index in [0.29, 0.717) is 24.7 Å². The van der Waals surface area contributed by atoms with E-state index >= 15 is 0 Å². The van der Waals surface area contributed by atoms with E-state index in [0.717, 1.165) is 11.3 Å². The molecule has 5 nitrogen and oxygen atoms in total. The molecule has 1 aromatic carbocycles. The maximum Gasteiger partial charge on any atom is 0.239 e. The maximum absolute atomic E-state index is 11.8. The lowest BCUT2D eigenvalue weighted by Gasteiger charge is -2.23. The van der Waals surface area contributed by atoms with E-state index in [-0.39, 0.29) is 12.5 Å². The second-order valence-corrected chi connectivity index (χ2v) is 4.88. The van der Waals surface area contributed by atoms with Crippen molar-refractivity contribution in [1.82, 2.24) is 10.6 Å². The number of ether oxygens (including phenoxy) is 1. The van der Waals surface area contributed by atoms with Crippen LogP contribution >= 0.6 is 11.6 Å². The molecule has 0 saturated carbocycles. The summed E-state index contributed by atoms with van der Waals surface area (Å²) in [5.41, 5.74) is 1.94. The summed E-state index contributed by atoms with van der Waals surface area (Å²) in [6, 6.07) is 5.73. The highest BCUT2D eigenvalue weighted by molar-refractivity contribution is 6.33. The maximum atomic E-state index is 11.8. The minimum Gasteiger partial charge on any atom is -0.383 e.